The van der Waals surface area contributed by atoms with E-state index >= 15 is 0 Å². The number of benzene rings is 1. The van der Waals surface area contributed by atoms with E-state index in [1.165, 1.54) is 6.07 Å². The van der Waals surface area contributed by atoms with Crippen molar-refractivity contribution in [1.29, 1.82) is 0 Å². The predicted octanol–water partition coefficient (Wildman–Crippen LogP) is 0.0391. The summed E-state index contributed by atoms with van der Waals surface area (Å²) in [6.45, 7) is 0.691. The highest BCUT2D eigenvalue weighted by atomic mass is 32.2. The fraction of sp³-hybridized carbons (Fsp3) is 0.200. The molecule has 1 atom stereocenters. The van der Waals surface area contributed by atoms with E-state index in [2.05, 4.69) is 10.6 Å². The van der Waals surface area contributed by atoms with Crippen molar-refractivity contribution in [3.8, 4) is 0 Å². The smallest absolute Gasteiger partial charge is 0.238 e. The molecule has 0 spiro atoms. The maximum Gasteiger partial charge on any atom is 0.238 e. The van der Waals surface area contributed by atoms with Gasteiger partial charge in [0.15, 0.2) is 0 Å². The van der Waals surface area contributed by atoms with Crippen LogP contribution in [-0.2, 0) is 10.0 Å². The molecule has 0 aromatic heterocycles. The molecule has 86 valence electrons. The second-order valence-electron chi connectivity index (χ2n) is 3.49. The summed E-state index contributed by atoms with van der Waals surface area (Å²) in [6.07, 6.45) is 3.48. The molecule has 0 fully saturated rings. The standard InChI is InChI=1S/C10H13N3O2S/c11-16(14,15)9-5-2-1-4-8(9)10-12-6-3-7-13-10/h1-6,10,12-13H,7H2,(H2,11,14,15). The maximum atomic E-state index is 11.4. The number of nitrogens with two attached hydrogens (primary N) is 1. The van der Waals surface area contributed by atoms with Crippen molar-refractivity contribution in [3.05, 3.63) is 42.1 Å². The molecule has 0 radical (unpaired) electrons. The molecule has 1 unspecified atom stereocenters. The lowest BCUT2D eigenvalue weighted by molar-refractivity contribution is 0.488. The van der Waals surface area contributed by atoms with E-state index in [0.717, 1.165) is 0 Å². The zero-order valence-corrected chi connectivity index (χ0v) is 9.37. The van der Waals surface area contributed by atoms with E-state index in [1.807, 2.05) is 6.08 Å². The highest BCUT2D eigenvalue weighted by molar-refractivity contribution is 7.89. The van der Waals surface area contributed by atoms with Gasteiger partial charge >= 0.3 is 0 Å². The largest absolute Gasteiger partial charge is 0.372 e. The molecular weight excluding hydrogens is 226 g/mol. The lowest BCUT2D eigenvalue weighted by atomic mass is 10.1. The SMILES string of the molecule is NS(=O)(=O)c1ccccc1C1NC=CCN1. The van der Waals surface area contributed by atoms with E-state index in [9.17, 15) is 8.42 Å². The fourth-order valence-electron chi connectivity index (χ4n) is 1.65. The van der Waals surface area contributed by atoms with Crippen molar-refractivity contribution in [2.45, 2.75) is 11.1 Å². The third-order valence-electron chi connectivity index (χ3n) is 2.36. The number of hydrogen-bond donors (Lipinski definition) is 3. The molecule has 4 N–H and O–H groups in total. The van der Waals surface area contributed by atoms with Crippen LogP contribution in [0.4, 0.5) is 0 Å². The Labute approximate surface area is 94.4 Å². The Morgan fingerprint density at radius 3 is 2.69 bits per heavy atom. The van der Waals surface area contributed by atoms with E-state index in [4.69, 9.17) is 5.14 Å². The molecule has 1 aromatic carbocycles. The van der Waals surface area contributed by atoms with Crippen LogP contribution in [0.1, 0.15) is 11.7 Å². The second-order valence-corrected chi connectivity index (χ2v) is 5.02. The van der Waals surface area contributed by atoms with Gasteiger partial charge in [-0.2, -0.15) is 0 Å². The Hall–Kier alpha value is -1.37. The Kier molecular flexibility index (Phi) is 2.95. The van der Waals surface area contributed by atoms with Crippen molar-refractivity contribution in [3.63, 3.8) is 0 Å². The van der Waals surface area contributed by atoms with E-state index in [-0.39, 0.29) is 11.1 Å². The Balaban J connectivity index is 2.44. The molecule has 1 aromatic rings. The highest BCUT2D eigenvalue weighted by Gasteiger charge is 2.20. The third-order valence-corrected chi connectivity index (χ3v) is 3.34. The van der Waals surface area contributed by atoms with Crippen molar-refractivity contribution >= 4 is 10.0 Å². The fourth-order valence-corrected chi connectivity index (χ4v) is 2.43. The van der Waals surface area contributed by atoms with Gasteiger partial charge in [-0.3, -0.25) is 5.32 Å². The van der Waals surface area contributed by atoms with Gasteiger partial charge in [0.1, 0.15) is 6.17 Å². The Bertz CT molecular complexity index is 511. The summed E-state index contributed by atoms with van der Waals surface area (Å²) in [6, 6.07) is 6.68. The molecule has 0 bridgehead atoms. The summed E-state index contributed by atoms with van der Waals surface area (Å²) in [7, 11) is -3.69. The molecule has 1 aliphatic heterocycles. The average Bonchev–Trinajstić information content (AvgIpc) is 2.29. The van der Waals surface area contributed by atoms with Crippen LogP contribution in [0.5, 0.6) is 0 Å². The number of nitrogens with one attached hydrogen (secondary N) is 2. The van der Waals surface area contributed by atoms with Crippen LogP contribution in [0.15, 0.2) is 41.4 Å². The van der Waals surface area contributed by atoms with Crippen molar-refractivity contribution in [1.82, 2.24) is 10.6 Å². The van der Waals surface area contributed by atoms with Gasteiger partial charge in [0, 0.05) is 12.1 Å². The summed E-state index contributed by atoms with van der Waals surface area (Å²) in [5.41, 5.74) is 0.634. The van der Waals surface area contributed by atoms with Crippen molar-refractivity contribution in [2.24, 2.45) is 5.14 Å². The van der Waals surface area contributed by atoms with Gasteiger partial charge in [-0.25, -0.2) is 13.6 Å². The molecule has 0 amide bonds. The zero-order chi connectivity index (χ0) is 11.6. The number of primary sulfonamides is 1. The summed E-state index contributed by atoms with van der Waals surface area (Å²) in [4.78, 5) is 0.148. The number of hydrogen-bond acceptors (Lipinski definition) is 4. The molecule has 1 heterocycles. The minimum atomic E-state index is -3.69. The van der Waals surface area contributed by atoms with Gasteiger partial charge in [-0.05, 0) is 12.3 Å². The van der Waals surface area contributed by atoms with Crippen LogP contribution >= 0.6 is 0 Å². The summed E-state index contributed by atoms with van der Waals surface area (Å²) in [5, 5.41) is 11.3. The molecule has 2 rings (SSSR count). The van der Waals surface area contributed by atoms with Gasteiger partial charge in [-0.15, -0.1) is 0 Å². The Morgan fingerprint density at radius 2 is 2.06 bits per heavy atom. The lowest BCUT2D eigenvalue weighted by Gasteiger charge is -2.23. The van der Waals surface area contributed by atoms with Crippen LogP contribution in [0.25, 0.3) is 0 Å². The zero-order valence-electron chi connectivity index (χ0n) is 8.55. The van der Waals surface area contributed by atoms with Crippen molar-refractivity contribution in [2.75, 3.05) is 6.54 Å². The number of sulfonamides is 1. The van der Waals surface area contributed by atoms with Gasteiger partial charge in [-0.1, -0.05) is 24.3 Å². The van der Waals surface area contributed by atoms with E-state index in [1.54, 1.807) is 24.4 Å². The molecule has 0 saturated carbocycles. The molecule has 6 heteroatoms. The van der Waals surface area contributed by atoms with Crippen molar-refractivity contribution < 1.29 is 8.42 Å². The quantitative estimate of drug-likeness (QED) is 0.680. The lowest BCUT2D eigenvalue weighted by Crippen LogP contribution is -2.36. The topological polar surface area (TPSA) is 84.2 Å². The minimum Gasteiger partial charge on any atom is -0.372 e. The van der Waals surface area contributed by atoms with Crippen LogP contribution < -0.4 is 15.8 Å². The second kappa shape index (κ2) is 4.25. The first-order valence-electron chi connectivity index (χ1n) is 4.85. The van der Waals surface area contributed by atoms with E-state index in [0.29, 0.717) is 12.1 Å². The number of rotatable bonds is 2. The summed E-state index contributed by atoms with van der Waals surface area (Å²) >= 11 is 0. The van der Waals surface area contributed by atoms with Gasteiger partial charge in [0.25, 0.3) is 0 Å². The van der Waals surface area contributed by atoms with Crippen LogP contribution in [0.2, 0.25) is 0 Å². The molecule has 16 heavy (non-hydrogen) atoms. The van der Waals surface area contributed by atoms with Gasteiger partial charge < -0.3 is 5.32 Å². The molecule has 5 nitrogen and oxygen atoms in total. The minimum absolute atomic E-state index is 0.148. The normalized spacial score (nSPS) is 20.4. The summed E-state index contributed by atoms with van der Waals surface area (Å²) in [5.74, 6) is 0. The van der Waals surface area contributed by atoms with Crippen LogP contribution in [0.3, 0.4) is 0 Å². The Morgan fingerprint density at radius 1 is 1.31 bits per heavy atom. The molecule has 0 saturated heterocycles. The molecule has 0 aliphatic carbocycles. The molecule has 1 aliphatic rings. The maximum absolute atomic E-state index is 11.4. The van der Waals surface area contributed by atoms with E-state index < -0.39 is 10.0 Å². The monoisotopic (exact) mass is 239 g/mol. The van der Waals surface area contributed by atoms with Gasteiger partial charge in [0.05, 0.1) is 4.90 Å². The molecular formula is C10H13N3O2S. The van der Waals surface area contributed by atoms with Crippen LogP contribution in [-0.4, -0.2) is 15.0 Å². The summed E-state index contributed by atoms with van der Waals surface area (Å²) < 4.78 is 22.8. The first-order chi connectivity index (χ1) is 7.59. The highest BCUT2D eigenvalue weighted by Crippen LogP contribution is 2.20. The van der Waals surface area contributed by atoms with Gasteiger partial charge in [0.2, 0.25) is 10.0 Å². The van der Waals surface area contributed by atoms with Crippen LogP contribution in [0, 0.1) is 0 Å². The first-order valence-corrected chi connectivity index (χ1v) is 6.40. The average molecular weight is 239 g/mol. The first kappa shape index (κ1) is 11.1. The predicted molar refractivity (Wildman–Crippen MR) is 60.8 cm³/mol. The third kappa shape index (κ3) is 2.24.